The number of anilines is 1. The third-order valence-electron chi connectivity index (χ3n) is 2.52. The van der Waals surface area contributed by atoms with Crippen LogP contribution in [-0.2, 0) is 6.54 Å². The fourth-order valence-electron chi connectivity index (χ4n) is 1.55. The van der Waals surface area contributed by atoms with Gasteiger partial charge in [-0.25, -0.2) is 8.78 Å². The van der Waals surface area contributed by atoms with Crippen molar-refractivity contribution in [1.82, 2.24) is 0 Å². The summed E-state index contributed by atoms with van der Waals surface area (Å²) >= 11 is 0. The maximum absolute atomic E-state index is 13.3. The SMILES string of the molecule is N#Cc1ccc(CNc2c(F)cccc2F)cc1. The molecule has 0 aliphatic heterocycles. The first-order valence-corrected chi connectivity index (χ1v) is 5.37. The zero-order valence-corrected chi connectivity index (χ0v) is 9.45. The van der Waals surface area contributed by atoms with Crippen LogP contribution in [0.3, 0.4) is 0 Å². The van der Waals surface area contributed by atoms with E-state index < -0.39 is 11.6 Å². The van der Waals surface area contributed by atoms with Crippen LogP contribution in [-0.4, -0.2) is 0 Å². The standard InChI is InChI=1S/C14H10F2N2/c15-12-2-1-3-13(16)14(12)18-9-11-6-4-10(8-17)5-7-11/h1-7,18H,9H2. The van der Waals surface area contributed by atoms with Crippen LogP contribution in [0.4, 0.5) is 14.5 Å². The van der Waals surface area contributed by atoms with Crippen LogP contribution in [0.25, 0.3) is 0 Å². The average Bonchev–Trinajstić information content (AvgIpc) is 2.39. The Hall–Kier alpha value is -2.41. The van der Waals surface area contributed by atoms with E-state index in [2.05, 4.69) is 5.32 Å². The third kappa shape index (κ3) is 2.64. The van der Waals surface area contributed by atoms with Crippen molar-refractivity contribution in [2.75, 3.05) is 5.32 Å². The van der Waals surface area contributed by atoms with Gasteiger partial charge in [-0.3, -0.25) is 0 Å². The van der Waals surface area contributed by atoms with E-state index in [1.807, 2.05) is 6.07 Å². The maximum atomic E-state index is 13.3. The minimum atomic E-state index is -0.622. The van der Waals surface area contributed by atoms with Crippen LogP contribution in [0.1, 0.15) is 11.1 Å². The van der Waals surface area contributed by atoms with E-state index in [0.717, 1.165) is 5.56 Å². The number of nitrogens with one attached hydrogen (secondary N) is 1. The predicted octanol–water partition coefficient (Wildman–Crippen LogP) is 3.45. The number of hydrogen-bond donors (Lipinski definition) is 1. The summed E-state index contributed by atoms with van der Waals surface area (Å²) in [5.41, 5.74) is 1.26. The van der Waals surface area contributed by atoms with E-state index in [-0.39, 0.29) is 5.69 Å². The monoisotopic (exact) mass is 244 g/mol. The lowest BCUT2D eigenvalue weighted by Crippen LogP contribution is -2.03. The molecule has 2 aromatic carbocycles. The Morgan fingerprint density at radius 1 is 1.00 bits per heavy atom. The van der Waals surface area contributed by atoms with E-state index >= 15 is 0 Å². The summed E-state index contributed by atoms with van der Waals surface area (Å²) < 4.78 is 26.7. The van der Waals surface area contributed by atoms with Crippen molar-refractivity contribution in [3.63, 3.8) is 0 Å². The Labute approximate surface area is 103 Å². The summed E-state index contributed by atoms with van der Waals surface area (Å²) in [4.78, 5) is 0. The summed E-state index contributed by atoms with van der Waals surface area (Å²) in [6.45, 7) is 0.295. The van der Waals surface area contributed by atoms with Crippen LogP contribution < -0.4 is 5.32 Å². The van der Waals surface area contributed by atoms with Crippen molar-refractivity contribution >= 4 is 5.69 Å². The molecule has 18 heavy (non-hydrogen) atoms. The minimum absolute atomic E-state index is 0.137. The van der Waals surface area contributed by atoms with Crippen molar-refractivity contribution in [3.05, 3.63) is 65.2 Å². The molecule has 0 aromatic heterocycles. The number of rotatable bonds is 3. The lowest BCUT2D eigenvalue weighted by atomic mass is 10.1. The highest BCUT2D eigenvalue weighted by Crippen LogP contribution is 2.18. The largest absolute Gasteiger partial charge is 0.376 e. The van der Waals surface area contributed by atoms with Crippen LogP contribution >= 0.6 is 0 Å². The summed E-state index contributed by atoms with van der Waals surface area (Å²) in [6, 6.07) is 12.5. The van der Waals surface area contributed by atoms with E-state index in [4.69, 9.17) is 5.26 Å². The first-order valence-electron chi connectivity index (χ1n) is 5.37. The normalized spacial score (nSPS) is 9.83. The molecule has 0 saturated carbocycles. The molecule has 90 valence electrons. The van der Waals surface area contributed by atoms with Crippen LogP contribution in [0.2, 0.25) is 0 Å². The molecule has 0 amide bonds. The molecule has 2 rings (SSSR count). The highest BCUT2D eigenvalue weighted by Gasteiger charge is 2.07. The number of benzene rings is 2. The van der Waals surface area contributed by atoms with Crippen molar-refractivity contribution in [2.24, 2.45) is 0 Å². The van der Waals surface area contributed by atoms with Gasteiger partial charge in [-0.2, -0.15) is 5.26 Å². The number of para-hydroxylation sites is 1. The van der Waals surface area contributed by atoms with Gasteiger partial charge >= 0.3 is 0 Å². The van der Waals surface area contributed by atoms with Gasteiger partial charge in [0.25, 0.3) is 0 Å². The highest BCUT2D eigenvalue weighted by atomic mass is 19.1. The Bertz CT molecular complexity index is 565. The molecule has 0 saturated heterocycles. The minimum Gasteiger partial charge on any atom is -0.376 e. The lowest BCUT2D eigenvalue weighted by Gasteiger charge is -2.08. The molecule has 0 heterocycles. The molecular weight excluding hydrogens is 234 g/mol. The van der Waals surface area contributed by atoms with Gasteiger partial charge in [0.15, 0.2) is 0 Å². The molecule has 0 spiro atoms. The van der Waals surface area contributed by atoms with Gasteiger partial charge in [0.1, 0.15) is 17.3 Å². The molecule has 2 aromatic rings. The molecule has 0 bridgehead atoms. The third-order valence-corrected chi connectivity index (χ3v) is 2.52. The summed E-state index contributed by atoms with van der Waals surface area (Å²) in [7, 11) is 0. The lowest BCUT2D eigenvalue weighted by molar-refractivity contribution is 0.588. The fraction of sp³-hybridized carbons (Fsp3) is 0.0714. The second-order valence-electron chi connectivity index (χ2n) is 3.76. The Kier molecular flexibility index (Phi) is 3.54. The van der Waals surface area contributed by atoms with Crippen molar-refractivity contribution in [2.45, 2.75) is 6.54 Å². The quantitative estimate of drug-likeness (QED) is 0.897. The van der Waals surface area contributed by atoms with Gasteiger partial charge < -0.3 is 5.32 Å². The summed E-state index contributed by atoms with van der Waals surface area (Å²) in [5, 5.41) is 11.3. The first-order chi connectivity index (χ1) is 8.70. The number of nitrogens with zero attached hydrogens (tertiary/aromatic N) is 1. The second-order valence-corrected chi connectivity index (χ2v) is 3.76. The Balaban J connectivity index is 2.09. The molecule has 0 aliphatic carbocycles. The smallest absolute Gasteiger partial charge is 0.149 e. The number of hydrogen-bond acceptors (Lipinski definition) is 2. The topological polar surface area (TPSA) is 35.8 Å². The number of halogens is 2. The predicted molar refractivity (Wildman–Crippen MR) is 64.8 cm³/mol. The van der Waals surface area contributed by atoms with Crippen LogP contribution in [0.15, 0.2) is 42.5 Å². The van der Waals surface area contributed by atoms with Crippen LogP contribution in [0.5, 0.6) is 0 Å². The zero-order valence-electron chi connectivity index (χ0n) is 9.45. The second kappa shape index (κ2) is 5.28. The van der Waals surface area contributed by atoms with E-state index in [0.29, 0.717) is 12.1 Å². The van der Waals surface area contributed by atoms with E-state index in [9.17, 15) is 8.78 Å². The van der Waals surface area contributed by atoms with Crippen molar-refractivity contribution in [1.29, 1.82) is 5.26 Å². The molecule has 1 N–H and O–H groups in total. The number of nitriles is 1. The van der Waals surface area contributed by atoms with Gasteiger partial charge in [0, 0.05) is 6.54 Å². The van der Waals surface area contributed by atoms with Gasteiger partial charge in [-0.05, 0) is 29.8 Å². The van der Waals surface area contributed by atoms with E-state index in [1.165, 1.54) is 18.2 Å². The molecule has 0 aliphatic rings. The maximum Gasteiger partial charge on any atom is 0.149 e. The summed E-state index contributed by atoms with van der Waals surface area (Å²) in [5.74, 6) is -1.24. The molecule has 0 unspecified atom stereocenters. The first kappa shape index (κ1) is 12.1. The van der Waals surface area contributed by atoms with Gasteiger partial charge in [0.2, 0.25) is 0 Å². The van der Waals surface area contributed by atoms with Crippen molar-refractivity contribution < 1.29 is 8.78 Å². The molecule has 2 nitrogen and oxygen atoms in total. The molecule has 0 radical (unpaired) electrons. The summed E-state index contributed by atoms with van der Waals surface area (Å²) in [6.07, 6.45) is 0. The Morgan fingerprint density at radius 3 is 2.17 bits per heavy atom. The average molecular weight is 244 g/mol. The van der Waals surface area contributed by atoms with Gasteiger partial charge in [-0.15, -0.1) is 0 Å². The Morgan fingerprint density at radius 2 is 1.61 bits per heavy atom. The fourth-order valence-corrected chi connectivity index (χ4v) is 1.55. The van der Waals surface area contributed by atoms with Crippen LogP contribution in [0, 0.1) is 23.0 Å². The zero-order chi connectivity index (χ0) is 13.0. The van der Waals surface area contributed by atoms with Gasteiger partial charge in [0.05, 0.1) is 11.6 Å². The van der Waals surface area contributed by atoms with E-state index in [1.54, 1.807) is 24.3 Å². The molecule has 0 fully saturated rings. The molecule has 4 heteroatoms. The highest BCUT2D eigenvalue weighted by molar-refractivity contribution is 5.46. The molecular formula is C14H10F2N2. The molecule has 0 atom stereocenters. The van der Waals surface area contributed by atoms with Gasteiger partial charge in [-0.1, -0.05) is 18.2 Å². The van der Waals surface area contributed by atoms with Crippen molar-refractivity contribution in [3.8, 4) is 6.07 Å².